The summed E-state index contributed by atoms with van der Waals surface area (Å²) in [4.78, 5) is 2.15. The van der Waals surface area contributed by atoms with Crippen LogP contribution in [0.1, 0.15) is 30.4 Å². The maximum Gasteiger partial charge on any atom is 0.116 e. The summed E-state index contributed by atoms with van der Waals surface area (Å²) in [5.74, 6) is 0.340. The van der Waals surface area contributed by atoms with Crippen molar-refractivity contribution in [3.05, 3.63) is 77.9 Å². The van der Waals surface area contributed by atoms with Gasteiger partial charge in [-0.3, -0.25) is 0 Å². The molecule has 0 saturated heterocycles. The molecule has 5 heteroatoms. The van der Waals surface area contributed by atoms with Crippen LogP contribution in [0, 0.1) is 5.92 Å². The summed E-state index contributed by atoms with van der Waals surface area (Å²) in [5.41, 5.74) is 1.25. The Morgan fingerprint density at radius 3 is 2.45 bits per heavy atom. The van der Waals surface area contributed by atoms with Crippen LogP contribution in [0.25, 0.3) is 10.8 Å². The van der Waals surface area contributed by atoms with E-state index in [1.54, 1.807) is 12.1 Å². The zero-order chi connectivity index (χ0) is 21.1. The fourth-order valence-electron chi connectivity index (χ4n) is 4.70. The van der Waals surface area contributed by atoms with Crippen molar-refractivity contribution >= 4 is 23.2 Å². The van der Waals surface area contributed by atoms with Crippen molar-refractivity contribution < 1.29 is 14.9 Å². The van der Waals surface area contributed by atoms with Crippen LogP contribution in [0.4, 0.5) is 0 Å². The largest absolute Gasteiger partial charge is 0.508 e. The first-order valence-corrected chi connectivity index (χ1v) is 10.7. The van der Waals surface area contributed by atoms with Crippen molar-refractivity contribution in [2.24, 2.45) is 5.92 Å². The van der Waals surface area contributed by atoms with E-state index < -0.39 is 5.60 Å². The highest BCUT2D eigenvalue weighted by atomic mass is 35.5. The maximum atomic E-state index is 11.8. The van der Waals surface area contributed by atoms with Crippen molar-refractivity contribution in [1.29, 1.82) is 0 Å². The normalized spacial score (nSPS) is 23.6. The van der Waals surface area contributed by atoms with Gasteiger partial charge in [0.25, 0.3) is 0 Å². The minimum atomic E-state index is -0.886. The first kappa shape index (κ1) is 23.6. The average molecular weight is 442 g/mol. The van der Waals surface area contributed by atoms with E-state index in [1.807, 2.05) is 36.4 Å². The summed E-state index contributed by atoms with van der Waals surface area (Å²) in [7, 11) is 4.11. The van der Waals surface area contributed by atoms with E-state index in [-0.39, 0.29) is 30.2 Å². The van der Waals surface area contributed by atoms with Crippen LogP contribution in [0.15, 0.2) is 66.7 Å². The molecular formula is C26H32ClNO3. The number of hydrogen-bond donors (Lipinski definition) is 2. The lowest BCUT2D eigenvalue weighted by Gasteiger charge is -2.44. The molecule has 4 rings (SSSR count). The van der Waals surface area contributed by atoms with E-state index >= 15 is 0 Å². The van der Waals surface area contributed by atoms with Gasteiger partial charge >= 0.3 is 0 Å². The second-order valence-electron chi connectivity index (χ2n) is 8.82. The average Bonchev–Trinajstić information content (AvgIpc) is 2.74. The Morgan fingerprint density at radius 2 is 1.71 bits per heavy atom. The SMILES string of the molecule is CN(C)CC1CC(OCc2ccccc2)CCC1(O)c1ccc2cc(O)ccc2c1.Cl. The highest BCUT2D eigenvalue weighted by molar-refractivity contribution is 5.85. The predicted molar refractivity (Wildman–Crippen MR) is 128 cm³/mol. The molecule has 3 atom stereocenters. The molecule has 2 N–H and O–H groups in total. The Hall–Kier alpha value is -2.11. The van der Waals surface area contributed by atoms with E-state index in [0.717, 1.165) is 35.7 Å². The molecule has 3 unspecified atom stereocenters. The lowest BCUT2D eigenvalue weighted by molar-refractivity contribution is -0.110. The zero-order valence-corrected chi connectivity index (χ0v) is 19.0. The van der Waals surface area contributed by atoms with Gasteiger partial charge in [-0.15, -0.1) is 12.4 Å². The molecule has 4 nitrogen and oxygen atoms in total. The van der Waals surface area contributed by atoms with Gasteiger partial charge in [-0.1, -0.05) is 48.5 Å². The molecule has 0 bridgehead atoms. The molecule has 0 radical (unpaired) electrons. The second kappa shape index (κ2) is 10.0. The number of aliphatic hydroxyl groups is 1. The third-order valence-corrected chi connectivity index (χ3v) is 6.31. The topological polar surface area (TPSA) is 52.9 Å². The summed E-state index contributed by atoms with van der Waals surface area (Å²) in [6.45, 7) is 1.41. The van der Waals surface area contributed by atoms with Gasteiger partial charge < -0.3 is 19.8 Å². The number of nitrogens with zero attached hydrogens (tertiary/aromatic N) is 1. The molecule has 1 fully saturated rings. The molecule has 31 heavy (non-hydrogen) atoms. The van der Waals surface area contributed by atoms with Crippen molar-refractivity contribution in [2.45, 2.75) is 37.6 Å². The third-order valence-electron chi connectivity index (χ3n) is 6.31. The molecule has 0 aromatic heterocycles. The summed E-state index contributed by atoms with van der Waals surface area (Å²) in [6.07, 6.45) is 2.48. The monoisotopic (exact) mass is 441 g/mol. The number of hydrogen-bond acceptors (Lipinski definition) is 4. The molecule has 0 spiro atoms. The summed E-state index contributed by atoms with van der Waals surface area (Å²) < 4.78 is 6.24. The number of rotatable bonds is 6. The Kier molecular flexibility index (Phi) is 7.60. The fourth-order valence-corrected chi connectivity index (χ4v) is 4.70. The van der Waals surface area contributed by atoms with Crippen LogP contribution in [0.3, 0.4) is 0 Å². The van der Waals surface area contributed by atoms with E-state index in [0.29, 0.717) is 13.0 Å². The standard InChI is InChI=1S/C26H31NO3.ClH/c1-27(2)17-23-16-25(30-18-19-6-4-3-5-7-19)12-13-26(23,29)22-10-8-21-15-24(28)11-9-20(21)14-22;/h3-11,14-15,23,25,28-29H,12-13,16-18H2,1-2H3;1H. The lowest BCUT2D eigenvalue weighted by Crippen LogP contribution is -2.46. The molecule has 3 aromatic rings. The van der Waals surface area contributed by atoms with Crippen molar-refractivity contribution in [1.82, 2.24) is 4.90 Å². The number of ether oxygens (including phenoxy) is 1. The van der Waals surface area contributed by atoms with Gasteiger partial charge in [0.15, 0.2) is 0 Å². The van der Waals surface area contributed by atoms with E-state index in [9.17, 15) is 10.2 Å². The third kappa shape index (κ3) is 5.39. The number of halogens is 1. The number of phenols is 1. The van der Waals surface area contributed by atoms with Gasteiger partial charge in [0.2, 0.25) is 0 Å². The van der Waals surface area contributed by atoms with Gasteiger partial charge in [-0.25, -0.2) is 0 Å². The summed E-state index contributed by atoms with van der Waals surface area (Å²) >= 11 is 0. The molecule has 1 aliphatic carbocycles. The molecule has 3 aromatic carbocycles. The Balaban J connectivity index is 0.00000272. The zero-order valence-electron chi connectivity index (χ0n) is 18.2. The summed E-state index contributed by atoms with van der Waals surface area (Å²) in [6, 6.07) is 21.7. The van der Waals surface area contributed by atoms with E-state index in [4.69, 9.17) is 4.74 Å². The van der Waals surface area contributed by atoms with Crippen molar-refractivity contribution in [3.63, 3.8) is 0 Å². The smallest absolute Gasteiger partial charge is 0.116 e. The number of benzene rings is 3. The summed E-state index contributed by atoms with van der Waals surface area (Å²) in [5, 5.41) is 23.6. The Bertz CT molecular complexity index is 994. The lowest BCUT2D eigenvalue weighted by atomic mass is 9.70. The molecular weight excluding hydrogens is 410 g/mol. The predicted octanol–water partition coefficient (Wildman–Crippen LogP) is 5.10. The van der Waals surface area contributed by atoms with E-state index in [1.165, 1.54) is 5.56 Å². The van der Waals surface area contributed by atoms with Crippen LogP contribution in [0.2, 0.25) is 0 Å². The van der Waals surface area contributed by atoms with Gasteiger partial charge in [0, 0.05) is 12.5 Å². The van der Waals surface area contributed by atoms with Gasteiger partial charge in [-0.2, -0.15) is 0 Å². The molecule has 1 aliphatic rings. The van der Waals surface area contributed by atoms with Gasteiger partial charge in [-0.05, 0) is 73.5 Å². The van der Waals surface area contributed by atoms with Crippen molar-refractivity contribution in [3.8, 4) is 5.75 Å². The Morgan fingerprint density at radius 1 is 1.00 bits per heavy atom. The quantitative estimate of drug-likeness (QED) is 0.558. The number of aromatic hydroxyl groups is 1. The molecule has 166 valence electrons. The molecule has 0 amide bonds. The fraction of sp³-hybridized carbons (Fsp3) is 0.385. The highest BCUT2D eigenvalue weighted by Gasteiger charge is 2.43. The first-order chi connectivity index (χ1) is 14.4. The van der Waals surface area contributed by atoms with Crippen LogP contribution in [0.5, 0.6) is 5.75 Å². The number of phenolic OH excluding ortho intramolecular Hbond substituents is 1. The Labute approximate surface area is 190 Å². The van der Waals surface area contributed by atoms with Crippen LogP contribution in [-0.2, 0) is 16.9 Å². The van der Waals surface area contributed by atoms with Gasteiger partial charge in [0.1, 0.15) is 5.75 Å². The van der Waals surface area contributed by atoms with Crippen LogP contribution in [-0.4, -0.2) is 41.9 Å². The minimum absolute atomic E-state index is 0. The van der Waals surface area contributed by atoms with Crippen molar-refractivity contribution in [2.75, 3.05) is 20.6 Å². The minimum Gasteiger partial charge on any atom is -0.508 e. The van der Waals surface area contributed by atoms with Crippen LogP contribution < -0.4 is 0 Å². The highest BCUT2D eigenvalue weighted by Crippen LogP contribution is 2.44. The van der Waals surface area contributed by atoms with E-state index in [2.05, 4.69) is 37.2 Å². The van der Waals surface area contributed by atoms with Gasteiger partial charge in [0.05, 0.1) is 18.3 Å². The second-order valence-corrected chi connectivity index (χ2v) is 8.82. The molecule has 0 aliphatic heterocycles. The molecule has 0 heterocycles. The maximum absolute atomic E-state index is 11.8. The molecule has 1 saturated carbocycles. The van der Waals surface area contributed by atoms with Crippen LogP contribution >= 0.6 is 12.4 Å². The first-order valence-electron chi connectivity index (χ1n) is 10.7. The number of fused-ring (bicyclic) bond motifs is 1.